The van der Waals surface area contributed by atoms with Crippen molar-refractivity contribution in [2.45, 2.75) is 0 Å². The van der Waals surface area contributed by atoms with Crippen molar-refractivity contribution in [3.05, 3.63) is 158 Å². The van der Waals surface area contributed by atoms with Crippen LogP contribution in [0.15, 0.2) is 166 Å². The number of furan rings is 2. The number of fused-ring (bicyclic) bond motifs is 13. The second-order valence-corrected chi connectivity index (χ2v) is 12.1. The molecule has 0 saturated heterocycles. The third-order valence-electron chi connectivity index (χ3n) is 9.68. The Morgan fingerprint density at radius 2 is 0.938 bits per heavy atom. The molecule has 0 N–H and O–H groups in total. The van der Waals surface area contributed by atoms with Gasteiger partial charge in [0.1, 0.15) is 22.3 Å². The molecule has 0 fully saturated rings. The van der Waals surface area contributed by atoms with E-state index in [1.165, 1.54) is 0 Å². The molecule has 0 unspecified atom stereocenters. The van der Waals surface area contributed by atoms with E-state index in [2.05, 4.69) is 18.2 Å². The summed E-state index contributed by atoms with van der Waals surface area (Å²) >= 11 is 0. The molecule has 2 aromatic heterocycles. The van der Waals surface area contributed by atoms with Crippen molar-refractivity contribution in [2.24, 2.45) is 0 Å². The lowest BCUT2D eigenvalue weighted by Crippen LogP contribution is -1.91. The minimum absolute atomic E-state index is 0.139. The summed E-state index contributed by atoms with van der Waals surface area (Å²) in [5.74, 6) is 0. The first-order valence-electron chi connectivity index (χ1n) is 19.8. The number of hydrogen-bond donors (Lipinski definition) is 0. The van der Waals surface area contributed by atoms with Crippen LogP contribution >= 0.6 is 0 Å². The molecule has 2 heterocycles. The van der Waals surface area contributed by atoms with Crippen molar-refractivity contribution in [1.29, 1.82) is 0 Å². The van der Waals surface area contributed by atoms with Crippen LogP contribution in [0.4, 0.5) is 0 Å². The third-order valence-corrected chi connectivity index (χ3v) is 9.68. The molecule has 9 aromatic carbocycles. The van der Waals surface area contributed by atoms with Crippen molar-refractivity contribution in [3.8, 4) is 22.3 Å². The minimum Gasteiger partial charge on any atom is -0.456 e. The quantitative estimate of drug-likeness (QED) is 0.142. The fourth-order valence-electron chi connectivity index (χ4n) is 7.73. The van der Waals surface area contributed by atoms with E-state index < -0.39 is 24.2 Å². The SMILES string of the molecule is [2H]c1c([2H])c([2H])c2c(-c3cccc4oc5ccccc5c34)c3c([2H])c([2H])c([2H])c([2H])c3c(-c3ccc4c(c3)oc3c5ccccc5c5ccccc5c43)c2c1[2H]. The summed E-state index contributed by atoms with van der Waals surface area (Å²) in [7, 11) is 0. The van der Waals surface area contributed by atoms with Gasteiger partial charge in [-0.2, -0.15) is 0 Å². The fourth-order valence-corrected chi connectivity index (χ4v) is 7.73. The van der Waals surface area contributed by atoms with Crippen molar-refractivity contribution in [3.63, 3.8) is 0 Å². The molecule has 0 aliphatic carbocycles. The van der Waals surface area contributed by atoms with E-state index in [1.807, 2.05) is 84.9 Å². The van der Waals surface area contributed by atoms with Crippen LogP contribution in [0.25, 0.3) is 109 Å². The molecule has 0 atom stereocenters. The Bertz CT molecular complexity index is 3500. The van der Waals surface area contributed by atoms with Crippen LogP contribution in [0.1, 0.15) is 11.0 Å². The molecule has 2 heteroatoms. The molecule has 48 heavy (non-hydrogen) atoms. The van der Waals surface area contributed by atoms with Crippen LogP contribution < -0.4 is 0 Å². The summed E-state index contributed by atoms with van der Waals surface area (Å²) in [5.41, 5.74) is 3.93. The van der Waals surface area contributed by atoms with Gasteiger partial charge in [-0.05, 0) is 84.2 Å². The van der Waals surface area contributed by atoms with Crippen molar-refractivity contribution in [1.82, 2.24) is 0 Å². The number of hydrogen-bond acceptors (Lipinski definition) is 2. The zero-order valence-corrected chi connectivity index (χ0v) is 25.2. The lowest BCUT2D eigenvalue weighted by molar-refractivity contribution is 0.669. The average Bonchev–Trinajstić information content (AvgIpc) is 3.81. The smallest absolute Gasteiger partial charge is 0.143 e. The first-order valence-corrected chi connectivity index (χ1v) is 15.8. The van der Waals surface area contributed by atoms with Gasteiger partial charge >= 0.3 is 0 Å². The van der Waals surface area contributed by atoms with E-state index in [0.717, 1.165) is 37.7 Å². The summed E-state index contributed by atoms with van der Waals surface area (Å²) in [6, 6.07) is 31.7. The predicted octanol–water partition coefficient (Wildman–Crippen LogP) is 13.4. The molecule has 11 rings (SSSR count). The predicted molar refractivity (Wildman–Crippen MR) is 202 cm³/mol. The van der Waals surface area contributed by atoms with E-state index in [9.17, 15) is 5.48 Å². The summed E-state index contributed by atoms with van der Waals surface area (Å²) in [6.45, 7) is 0. The average molecular weight is 619 g/mol. The maximum absolute atomic E-state index is 9.44. The van der Waals surface area contributed by atoms with Crippen LogP contribution in [0.3, 0.4) is 0 Å². The fraction of sp³-hybridized carbons (Fsp3) is 0. The second kappa shape index (κ2) is 9.57. The van der Waals surface area contributed by atoms with Gasteiger partial charge in [-0.25, -0.2) is 0 Å². The lowest BCUT2D eigenvalue weighted by Gasteiger charge is -2.18. The maximum atomic E-state index is 9.44. The van der Waals surface area contributed by atoms with E-state index in [-0.39, 0.29) is 56.8 Å². The molecule has 0 bridgehead atoms. The van der Waals surface area contributed by atoms with Gasteiger partial charge in [0, 0.05) is 26.9 Å². The Kier molecular flexibility index (Phi) is 3.85. The molecule has 0 saturated carbocycles. The molecule has 2 nitrogen and oxygen atoms in total. The highest BCUT2D eigenvalue weighted by Gasteiger charge is 2.21. The van der Waals surface area contributed by atoms with Crippen LogP contribution in [0.5, 0.6) is 0 Å². The van der Waals surface area contributed by atoms with Crippen molar-refractivity contribution < 1.29 is 19.8 Å². The normalized spacial score (nSPS) is 14.5. The van der Waals surface area contributed by atoms with E-state index >= 15 is 0 Å². The monoisotopic (exact) mass is 618 g/mol. The molecule has 11 aromatic rings. The summed E-state index contributed by atoms with van der Waals surface area (Å²) in [6.07, 6.45) is 0. The highest BCUT2D eigenvalue weighted by molar-refractivity contribution is 6.31. The van der Waals surface area contributed by atoms with Crippen LogP contribution in [-0.2, 0) is 0 Å². The Labute approximate surface area is 286 Å². The number of para-hydroxylation sites is 1. The third kappa shape index (κ3) is 3.41. The minimum atomic E-state index is -0.454. The zero-order valence-electron chi connectivity index (χ0n) is 33.2. The summed E-state index contributed by atoms with van der Waals surface area (Å²) < 4.78 is 86.2. The van der Waals surface area contributed by atoms with E-state index in [0.29, 0.717) is 38.8 Å². The van der Waals surface area contributed by atoms with Gasteiger partial charge < -0.3 is 8.83 Å². The molecule has 0 amide bonds. The maximum Gasteiger partial charge on any atom is 0.143 e. The number of rotatable bonds is 2. The second-order valence-electron chi connectivity index (χ2n) is 12.1. The van der Waals surface area contributed by atoms with Crippen LogP contribution in [0, 0.1) is 0 Å². The largest absolute Gasteiger partial charge is 0.456 e. The highest BCUT2D eigenvalue weighted by Crippen LogP contribution is 2.48. The van der Waals surface area contributed by atoms with Crippen LogP contribution in [-0.4, -0.2) is 0 Å². The van der Waals surface area contributed by atoms with Gasteiger partial charge in [0.25, 0.3) is 0 Å². The van der Waals surface area contributed by atoms with Gasteiger partial charge in [-0.1, -0.05) is 133 Å². The van der Waals surface area contributed by atoms with E-state index in [1.54, 1.807) is 6.07 Å². The Morgan fingerprint density at radius 3 is 1.67 bits per heavy atom. The molecule has 222 valence electrons. The van der Waals surface area contributed by atoms with Gasteiger partial charge in [-0.15, -0.1) is 0 Å². The van der Waals surface area contributed by atoms with Gasteiger partial charge in [0.05, 0.1) is 11.0 Å². The molecular formula is C46H26O2. The topological polar surface area (TPSA) is 26.3 Å². The first kappa shape index (κ1) is 19.3. The van der Waals surface area contributed by atoms with Gasteiger partial charge in [0.2, 0.25) is 0 Å². The molecule has 0 aliphatic rings. The Hall–Kier alpha value is -6.38. The number of benzene rings is 9. The molecular weight excluding hydrogens is 585 g/mol. The Balaban J connectivity index is 1.36. The van der Waals surface area contributed by atoms with Gasteiger partial charge in [-0.3, -0.25) is 0 Å². The van der Waals surface area contributed by atoms with Crippen LogP contribution in [0.2, 0.25) is 0 Å². The Morgan fingerprint density at radius 1 is 0.375 bits per heavy atom. The van der Waals surface area contributed by atoms with Gasteiger partial charge in [0.15, 0.2) is 0 Å². The summed E-state index contributed by atoms with van der Waals surface area (Å²) in [4.78, 5) is 0. The van der Waals surface area contributed by atoms with E-state index in [4.69, 9.17) is 14.3 Å². The lowest BCUT2D eigenvalue weighted by atomic mass is 9.85. The standard InChI is InChI=1S/C46H26O2/c1-3-14-30-28(12-1)29-13-2-8-19-35(29)46-45(30)37-25-24-27(26-41(37)48-46)42-31-15-4-6-17-33(31)43(34-18-7-5-16-32(34)42)38-21-11-23-40-44(38)36-20-9-10-22-39(36)47-40/h1-26H/i4D,5D,6D,7D,15D,16D,17D,18D. The first-order chi connectivity index (χ1) is 27.2. The molecule has 0 aliphatic heterocycles. The summed E-state index contributed by atoms with van der Waals surface area (Å²) in [5, 5.41) is 7.89. The van der Waals surface area contributed by atoms with Crippen molar-refractivity contribution >= 4 is 87.0 Å². The highest BCUT2D eigenvalue weighted by atomic mass is 16.3. The molecule has 0 radical (unpaired) electrons. The molecule has 0 spiro atoms. The van der Waals surface area contributed by atoms with Crippen molar-refractivity contribution in [2.75, 3.05) is 0 Å². The zero-order chi connectivity index (χ0) is 38.3.